The first kappa shape index (κ1) is 57.6. The van der Waals surface area contributed by atoms with Gasteiger partial charge < -0.3 is 56.0 Å². The second kappa shape index (κ2) is 27.4. The topological polar surface area (TPSA) is 384 Å². The van der Waals surface area contributed by atoms with Crippen LogP contribution in [0.1, 0.15) is 104 Å². The first-order chi connectivity index (χ1) is 30.9. The summed E-state index contributed by atoms with van der Waals surface area (Å²) in [5, 5.41) is 36.7. The average Bonchev–Trinajstić information content (AvgIpc) is 3.80. The van der Waals surface area contributed by atoms with Crippen LogP contribution in [-0.4, -0.2) is 134 Å². The van der Waals surface area contributed by atoms with E-state index in [1.807, 2.05) is 0 Å². The van der Waals surface area contributed by atoms with Crippen LogP contribution in [0.2, 0.25) is 0 Å². The number of rotatable bonds is 32. The average molecular weight is 1020 g/mol. The fraction of sp³-hybridized carbons (Fsp3) is 0.730. The minimum absolute atomic E-state index is 0.00469. The Morgan fingerprint density at radius 3 is 2.36 bits per heavy atom. The third-order valence-electron chi connectivity index (χ3n) is 9.99. The number of allylic oxidation sites excluding steroid dienone is 2. The van der Waals surface area contributed by atoms with Crippen molar-refractivity contribution < 1.29 is 85.6 Å². The number of aliphatic hydroxyl groups is 3. The number of thioether (sulfide) groups is 1. The molecule has 0 aliphatic carbocycles. The van der Waals surface area contributed by atoms with Crippen molar-refractivity contribution in [1.29, 1.82) is 0 Å². The maximum Gasteiger partial charge on any atom is 0.481 e. The summed E-state index contributed by atoms with van der Waals surface area (Å²) in [6.45, 7) is 2.65. The van der Waals surface area contributed by atoms with Crippen LogP contribution in [0, 0.1) is 5.41 Å². The molecule has 0 radical (unpaired) electrons. The highest BCUT2D eigenvalue weighted by Crippen LogP contribution is 2.61. The summed E-state index contributed by atoms with van der Waals surface area (Å²) in [6.07, 6.45) is 6.73. The predicted molar refractivity (Wildman–Crippen MR) is 239 cm³/mol. The normalized spacial score (nSPS) is 20.8. The number of ether oxygens (including phenoxy) is 1. The molecule has 1 fully saturated rings. The van der Waals surface area contributed by atoms with Gasteiger partial charge in [-0.3, -0.25) is 32.5 Å². The summed E-state index contributed by atoms with van der Waals surface area (Å²) in [5.41, 5.74) is 4.26. The van der Waals surface area contributed by atoms with Crippen LogP contribution < -0.4 is 16.4 Å². The van der Waals surface area contributed by atoms with Crippen molar-refractivity contribution in [1.82, 2.24) is 30.2 Å². The molecular weight excluding hydrogens is 955 g/mol. The van der Waals surface area contributed by atoms with E-state index in [2.05, 4.69) is 53.5 Å². The smallest absolute Gasteiger partial charge is 0.393 e. The minimum atomic E-state index is -5.58. The van der Waals surface area contributed by atoms with Gasteiger partial charge in [-0.2, -0.15) is 4.31 Å². The molecule has 1 saturated heterocycles. The van der Waals surface area contributed by atoms with Gasteiger partial charge in [-0.15, -0.1) is 0 Å². The molecule has 8 atom stereocenters. The summed E-state index contributed by atoms with van der Waals surface area (Å²) in [5.74, 6) is -1.12. The molecule has 3 heterocycles. The number of carbonyl (C=O) groups excluding carboxylic acids is 3. The first-order valence-electron chi connectivity index (χ1n) is 21.3. The van der Waals surface area contributed by atoms with Crippen LogP contribution in [-0.2, 0) is 50.7 Å². The Hall–Kier alpha value is -2.74. The van der Waals surface area contributed by atoms with Crippen LogP contribution in [0.3, 0.4) is 0 Å². The van der Waals surface area contributed by atoms with Gasteiger partial charge in [-0.25, -0.2) is 28.6 Å². The van der Waals surface area contributed by atoms with Crippen LogP contribution in [0.4, 0.5) is 5.82 Å². The lowest BCUT2D eigenvalue weighted by Gasteiger charge is -2.30. The molecule has 1 aliphatic rings. The maximum absolute atomic E-state index is 12.7. The zero-order valence-electron chi connectivity index (χ0n) is 37.0. The Labute approximate surface area is 386 Å². The van der Waals surface area contributed by atoms with Crippen molar-refractivity contribution in [3.05, 3.63) is 24.8 Å². The Morgan fingerprint density at radius 2 is 1.65 bits per heavy atom. The summed E-state index contributed by atoms with van der Waals surface area (Å²) in [4.78, 5) is 88.3. The number of amides is 2. The van der Waals surface area contributed by atoms with E-state index in [9.17, 15) is 63.0 Å². The van der Waals surface area contributed by atoms with E-state index in [0.29, 0.717) is 25.0 Å². The third-order valence-corrected chi connectivity index (χ3v) is 14.0. The largest absolute Gasteiger partial charge is 0.481 e. The van der Waals surface area contributed by atoms with E-state index in [1.54, 1.807) is 0 Å². The number of aromatic nitrogens is 4. The summed E-state index contributed by atoms with van der Waals surface area (Å²) < 4.78 is 62.4. The van der Waals surface area contributed by atoms with Gasteiger partial charge in [0.1, 0.15) is 36.3 Å². The maximum atomic E-state index is 12.7. The summed E-state index contributed by atoms with van der Waals surface area (Å²) in [7, 11) is -16.4. The number of fused-ring (bicyclic) bond motifs is 1. The SMILES string of the molecule is CCCCC/C=C/CCC(O)CCCCCC(=O)SCCNC(=O)CCNC(=O)C(O)C(C)(C)COP(=O)(O)OP(=O)(O)OCC1OC(n2cnc3c(N)ncnc32)C(O)C1OP(=O)(O)O. The molecule has 0 bridgehead atoms. The molecule has 2 aromatic heterocycles. The van der Waals surface area contributed by atoms with E-state index in [4.69, 9.17) is 19.5 Å². The number of phosphoric acid groups is 3. The molecule has 29 heteroatoms. The molecule has 8 unspecified atom stereocenters. The number of anilines is 1. The van der Waals surface area contributed by atoms with E-state index in [-0.39, 0.29) is 47.7 Å². The number of phosphoric ester groups is 3. The van der Waals surface area contributed by atoms with Crippen molar-refractivity contribution in [2.45, 2.75) is 135 Å². The molecule has 376 valence electrons. The molecular formula is C37H64N7O18P3S. The Kier molecular flexibility index (Phi) is 23.9. The minimum Gasteiger partial charge on any atom is -0.393 e. The van der Waals surface area contributed by atoms with Crippen LogP contribution >= 0.6 is 35.2 Å². The summed E-state index contributed by atoms with van der Waals surface area (Å²) >= 11 is 1.10. The number of hydrogen-bond acceptors (Lipinski definition) is 19. The number of carbonyl (C=O) groups is 3. The van der Waals surface area contributed by atoms with Crippen molar-refractivity contribution in [3.8, 4) is 0 Å². The van der Waals surface area contributed by atoms with Crippen molar-refractivity contribution >= 4 is 69.1 Å². The number of unbranched alkanes of at least 4 members (excludes halogenated alkanes) is 5. The number of hydrogen-bond donors (Lipinski definition) is 10. The van der Waals surface area contributed by atoms with Gasteiger partial charge in [-0.1, -0.05) is 70.4 Å². The number of imidazole rings is 1. The van der Waals surface area contributed by atoms with Gasteiger partial charge in [0.25, 0.3) is 0 Å². The van der Waals surface area contributed by atoms with Crippen LogP contribution in [0.25, 0.3) is 11.2 Å². The Morgan fingerprint density at radius 1 is 0.939 bits per heavy atom. The molecule has 3 rings (SSSR count). The molecule has 1 aliphatic heterocycles. The molecule has 2 amide bonds. The second-order valence-electron chi connectivity index (χ2n) is 16.1. The van der Waals surface area contributed by atoms with E-state index < -0.39 is 84.6 Å². The van der Waals surface area contributed by atoms with Gasteiger partial charge in [0, 0.05) is 37.1 Å². The molecule has 0 saturated carbocycles. The van der Waals surface area contributed by atoms with Crippen LogP contribution in [0.15, 0.2) is 24.8 Å². The lowest BCUT2D eigenvalue weighted by molar-refractivity contribution is -0.137. The van der Waals surface area contributed by atoms with E-state index >= 15 is 0 Å². The molecule has 2 aromatic rings. The molecule has 0 spiro atoms. The lowest BCUT2D eigenvalue weighted by Crippen LogP contribution is -2.46. The van der Waals surface area contributed by atoms with Crippen LogP contribution in [0.5, 0.6) is 0 Å². The monoisotopic (exact) mass is 1020 g/mol. The van der Waals surface area contributed by atoms with Crippen molar-refractivity contribution in [2.24, 2.45) is 5.41 Å². The molecule has 0 aromatic carbocycles. The van der Waals surface area contributed by atoms with Gasteiger partial charge in [0.05, 0.1) is 25.6 Å². The second-order valence-corrected chi connectivity index (χ2v) is 21.5. The number of nitrogens with two attached hydrogens (primary N) is 1. The molecule has 11 N–H and O–H groups in total. The number of nitrogen functional groups attached to an aromatic ring is 1. The zero-order chi connectivity index (χ0) is 49.1. The van der Waals surface area contributed by atoms with Gasteiger partial charge in [-0.05, 0) is 38.5 Å². The van der Waals surface area contributed by atoms with Crippen molar-refractivity contribution in [3.63, 3.8) is 0 Å². The highest BCUT2D eigenvalue weighted by molar-refractivity contribution is 8.13. The highest BCUT2D eigenvalue weighted by atomic mass is 32.2. The van der Waals surface area contributed by atoms with Gasteiger partial charge in [0.2, 0.25) is 11.8 Å². The Balaban J connectivity index is 1.33. The molecule has 66 heavy (non-hydrogen) atoms. The van der Waals surface area contributed by atoms with Gasteiger partial charge >= 0.3 is 23.5 Å². The fourth-order valence-corrected chi connectivity index (χ4v) is 9.92. The lowest BCUT2D eigenvalue weighted by atomic mass is 9.87. The summed E-state index contributed by atoms with van der Waals surface area (Å²) in [6, 6.07) is 0. The Bertz CT molecular complexity index is 2040. The zero-order valence-corrected chi connectivity index (χ0v) is 40.5. The van der Waals surface area contributed by atoms with E-state index in [1.165, 1.54) is 33.1 Å². The number of aliphatic hydroxyl groups excluding tert-OH is 3. The first-order valence-corrected chi connectivity index (χ1v) is 26.8. The molecule has 25 nitrogen and oxygen atoms in total. The number of nitrogens with one attached hydrogen (secondary N) is 2. The van der Waals surface area contributed by atoms with E-state index in [0.717, 1.165) is 61.1 Å². The quantitative estimate of drug-likeness (QED) is 0.0286. The third kappa shape index (κ3) is 20.5. The standard InChI is InChI=1S/C37H64N7O18P3S/c1-4-5-6-7-8-9-11-14-25(45)15-12-10-13-16-28(47)66-20-19-39-27(46)17-18-40-35(50)32(49)37(2,3)22-59-65(56,57)62-64(54,55)58-21-26-31(61-63(51,52)53)30(48)36(60-26)44-24-43-29-33(38)41-23-42-34(29)44/h8-9,23-26,30-32,36,45,48-49H,4-7,10-22H2,1-3H3,(H,39,46)(H,40,50)(H,54,55)(H,56,57)(H2,38,41,42)(H2,51,52,53)/b9-8+. The van der Waals surface area contributed by atoms with Gasteiger partial charge in [0.15, 0.2) is 22.8 Å². The van der Waals surface area contributed by atoms with Crippen molar-refractivity contribution in [2.75, 3.05) is 37.8 Å². The fourth-order valence-electron chi connectivity index (χ4n) is 6.37. The highest BCUT2D eigenvalue weighted by Gasteiger charge is 2.50. The number of nitrogens with zero attached hydrogens (tertiary/aromatic N) is 4. The predicted octanol–water partition coefficient (Wildman–Crippen LogP) is 2.89.